The fourth-order valence-corrected chi connectivity index (χ4v) is 1.30. The number of carbonyl (C=O) groups is 1. The molecule has 1 aromatic carbocycles. The lowest BCUT2D eigenvalue weighted by atomic mass is 10.1. The second-order valence-electron chi connectivity index (χ2n) is 3.08. The molecule has 0 spiro atoms. The van der Waals surface area contributed by atoms with Gasteiger partial charge in [0.05, 0.1) is 14.2 Å². The molecule has 0 unspecified atom stereocenters. The molecular weight excluding hydrogens is 208 g/mol. The Bertz CT molecular complexity index is 437. The van der Waals surface area contributed by atoms with Crippen LogP contribution in [0.15, 0.2) is 18.2 Å². The number of ether oxygens (including phenoxy) is 2. The zero-order valence-electron chi connectivity index (χ0n) is 9.14. The van der Waals surface area contributed by atoms with Gasteiger partial charge < -0.3 is 15.0 Å². The second-order valence-corrected chi connectivity index (χ2v) is 3.08. The van der Waals surface area contributed by atoms with Gasteiger partial charge in [-0.15, -0.1) is 0 Å². The molecule has 0 N–H and O–H groups in total. The number of methoxy groups -OCH3 is 2. The van der Waals surface area contributed by atoms with Crippen LogP contribution >= 0.6 is 0 Å². The Morgan fingerprint density at radius 2 is 2.06 bits per heavy atom. The van der Waals surface area contributed by atoms with Crippen molar-refractivity contribution in [2.24, 2.45) is 0 Å². The van der Waals surface area contributed by atoms with Crippen LogP contribution in [-0.2, 0) is 11.2 Å². The van der Waals surface area contributed by atoms with Crippen molar-refractivity contribution in [1.29, 1.82) is 0 Å². The Morgan fingerprint density at radius 3 is 2.62 bits per heavy atom. The third-order valence-corrected chi connectivity index (χ3v) is 2.03. The fraction of sp³-hybridized carbons (Fsp3) is 0.273. The standard InChI is InChI=1S/C11H12N2O3/c1-15-10-4-3-8(6-11(10)16-2)5-9(14)7-13-12/h3-4,6-7H,5H2,1-2H3. The van der Waals surface area contributed by atoms with Gasteiger partial charge in [0, 0.05) is 6.42 Å². The van der Waals surface area contributed by atoms with Gasteiger partial charge >= 0.3 is 6.21 Å². The highest BCUT2D eigenvalue weighted by Gasteiger charge is 2.08. The van der Waals surface area contributed by atoms with Crippen LogP contribution in [0.2, 0.25) is 0 Å². The number of carbonyl (C=O) groups excluding carboxylic acids is 1. The van der Waals surface area contributed by atoms with E-state index in [9.17, 15) is 4.79 Å². The summed E-state index contributed by atoms with van der Waals surface area (Å²) < 4.78 is 10.2. The van der Waals surface area contributed by atoms with Crippen molar-refractivity contribution in [3.63, 3.8) is 0 Å². The average molecular weight is 220 g/mol. The quantitative estimate of drug-likeness (QED) is 0.424. The topological polar surface area (TPSA) is 71.9 Å². The van der Waals surface area contributed by atoms with Gasteiger partial charge in [0.1, 0.15) is 0 Å². The fourth-order valence-electron chi connectivity index (χ4n) is 1.30. The van der Waals surface area contributed by atoms with E-state index >= 15 is 0 Å². The number of nitrogens with zero attached hydrogens (tertiary/aromatic N) is 2. The summed E-state index contributed by atoms with van der Waals surface area (Å²) in [5.74, 6) is 0.887. The lowest BCUT2D eigenvalue weighted by molar-refractivity contribution is -0.115. The molecule has 0 saturated heterocycles. The second kappa shape index (κ2) is 5.68. The van der Waals surface area contributed by atoms with Crippen LogP contribution in [0, 0.1) is 0 Å². The van der Waals surface area contributed by atoms with Crippen molar-refractivity contribution >= 4 is 12.0 Å². The maximum atomic E-state index is 11.2. The Hall–Kier alpha value is -2.13. The summed E-state index contributed by atoms with van der Waals surface area (Å²) in [6.07, 6.45) is 1.03. The first kappa shape index (κ1) is 11.9. The summed E-state index contributed by atoms with van der Waals surface area (Å²) in [5, 5.41) is 0. The van der Waals surface area contributed by atoms with E-state index in [4.69, 9.17) is 15.0 Å². The largest absolute Gasteiger partial charge is 0.493 e. The molecule has 0 heterocycles. The number of Topliss-reactive ketones (excluding diaryl/α,β-unsaturated/α-hetero) is 1. The van der Waals surface area contributed by atoms with Crippen LogP contribution in [0.25, 0.3) is 5.53 Å². The summed E-state index contributed by atoms with van der Waals surface area (Å²) in [6.45, 7) is 0. The molecule has 84 valence electrons. The first-order valence-electron chi connectivity index (χ1n) is 4.62. The molecule has 0 saturated carbocycles. The highest BCUT2D eigenvalue weighted by Crippen LogP contribution is 2.27. The predicted octanol–water partition coefficient (Wildman–Crippen LogP) is 1.12. The van der Waals surface area contributed by atoms with E-state index < -0.39 is 0 Å². The minimum atomic E-state index is -0.283. The molecule has 0 bridgehead atoms. The molecule has 5 heteroatoms. The van der Waals surface area contributed by atoms with Crippen molar-refractivity contribution < 1.29 is 19.1 Å². The van der Waals surface area contributed by atoms with Gasteiger partial charge in [-0.2, -0.15) is 4.79 Å². The van der Waals surface area contributed by atoms with Crippen molar-refractivity contribution in [2.75, 3.05) is 14.2 Å². The molecular formula is C11H12N2O3. The Kier molecular flexibility index (Phi) is 4.24. The SMILES string of the molecule is COc1ccc(CC(=O)C=[N+]=[N-])cc1OC. The van der Waals surface area contributed by atoms with Crippen molar-refractivity contribution in [3.8, 4) is 11.5 Å². The van der Waals surface area contributed by atoms with Gasteiger partial charge in [0.25, 0.3) is 0 Å². The highest BCUT2D eigenvalue weighted by molar-refractivity contribution is 6.25. The molecule has 16 heavy (non-hydrogen) atoms. The van der Waals surface area contributed by atoms with Gasteiger partial charge in [-0.05, 0) is 17.7 Å². The zero-order chi connectivity index (χ0) is 12.0. The van der Waals surface area contributed by atoms with E-state index in [2.05, 4.69) is 4.79 Å². The van der Waals surface area contributed by atoms with Gasteiger partial charge in [0.15, 0.2) is 11.5 Å². The lowest BCUT2D eigenvalue weighted by Crippen LogP contribution is -2.04. The minimum absolute atomic E-state index is 0.157. The van der Waals surface area contributed by atoms with Gasteiger partial charge in [-0.1, -0.05) is 6.07 Å². The normalized spacial score (nSPS) is 9.12. The summed E-state index contributed by atoms with van der Waals surface area (Å²) >= 11 is 0. The molecule has 0 aliphatic rings. The van der Waals surface area contributed by atoms with Gasteiger partial charge in [-0.25, -0.2) is 0 Å². The van der Waals surface area contributed by atoms with Crippen LogP contribution in [-0.4, -0.2) is 31.0 Å². The van der Waals surface area contributed by atoms with Crippen LogP contribution in [0.5, 0.6) is 11.5 Å². The molecule has 0 fully saturated rings. The van der Waals surface area contributed by atoms with Crippen LogP contribution in [0.4, 0.5) is 0 Å². The third kappa shape index (κ3) is 2.93. The van der Waals surface area contributed by atoms with E-state index in [0.717, 1.165) is 11.8 Å². The van der Waals surface area contributed by atoms with E-state index in [1.807, 2.05) is 0 Å². The molecule has 0 aliphatic carbocycles. The zero-order valence-corrected chi connectivity index (χ0v) is 9.14. The molecule has 5 nitrogen and oxygen atoms in total. The maximum absolute atomic E-state index is 11.2. The van der Waals surface area contributed by atoms with E-state index in [0.29, 0.717) is 11.5 Å². The average Bonchev–Trinajstić information content (AvgIpc) is 2.29. The number of benzene rings is 1. The molecule has 0 aliphatic heterocycles. The Morgan fingerprint density at radius 1 is 1.38 bits per heavy atom. The summed E-state index contributed by atoms with van der Waals surface area (Å²) in [7, 11) is 3.07. The molecule has 0 amide bonds. The molecule has 1 rings (SSSR count). The summed E-state index contributed by atoms with van der Waals surface area (Å²) in [4.78, 5) is 13.9. The number of hydrogen-bond donors (Lipinski definition) is 0. The highest BCUT2D eigenvalue weighted by atomic mass is 16.5. The number of ketones is 1. The van der Waals surface area contributed by atoms with Crippen molar-refractivity contribution in [2.45, 2.75) is 6.42 Å². The first-order valence-corrected chi connectivity index (χ1v) is 4.62. The summed E-state index contributed by atoms with van der Waals surface area (Å²) in [6, 6.07) is 5.18. The van der Waals surface area contributed by atoms with Gasteiger partial charge in [0.2, 0.25) is 5.78 Å². The van der Waals surface area contributed by atoms with Crippen LogP contribution in [0.1, 0.15) is 5.56 Å². The van der Waals surface area contributed by atoms with Crippen LogP contribution < -0.4 is 9.47 Å². The van der Waals surface area contributed by atoms with E-state index in [1.54, 1.807) is 25.3 Å². The monoisotopic (exact) mass is 220 g/mol. The first-order chi connectivity index (χ1) is 7.71. The van der Waals surface area contributed by atoms with E-state index in [1.165, 1.54) is 7.11 Å². The molecule has 0 radical (unpaired) electrons. The maximum Gasteiger partial charge on any atom is 0.323 e. The van der Waals surface area contributed by atoms with Crippen molar-refractivity contribution in [1.82, 2.24) is 0 Å². The molecule has 0 atom stereocenters. The predicted molar refractivity (Wildman–Crippen MR) is 57.9 cm³/mol. The molecule has 0 aromatic heterocycles. The molecule has 1 aromatic rings. The smallest absolute Gasteiger partial charge is 0.323 e. The van der Waals surface area contributed by atoms with E-state index in [-0.39, 0.29) is 12.2 Å². The Balaban J connectivity index is 2.90. The number of rotatable bonds is 5. The third-order valence-electron chi connectivity index (χ3n) is 2.03. The van der Waals surface area contributed by atoms with Gasteiger partial charge in [-0.3, -0.25) is 4.79 Å². The lowest BCUT2D eigenvalue weighted by Gasteiger charge is -2.08. The van der Waals surface area contributed by atoms with Crippen LogP contribution in [0.3, 0.4) is 0 Å². The minimum Gasteiger partial charge on any atom is -0.493 e. The Labute approximate surface area is 93.2 Å². The van der Waals surface area contributed by atoms with Crippen molar-refractivity contribution in [3.05, 3.63) is 29.3 Å². The summed E-state index contributed by atoms with van der Waals surface area (Å²) in [5.41, 5.74) is 8.97. The number of hydrogen-bond acceptors (Lipinski definition) is 3.